The number of esters is 2. The number of pyridine rings is 1. The van der Waals surface area contributed by atoms with Crippen molar-refractivity contribution >= 4 is 34.4 Å². The number of cyclic esters (lactones) is 1. The zero-order valence-electron chi connectivity index (χ0n) is 18.0. The van der Waals surface area contributed by atoms with E-state index in [1.807, 2.05) is 37.3 Å². The van der Waals surface area contributed by atoms with Crippen LogP contribution in [0.5, 0.6) is 5.75 Å². The van der Waals surface area contributed by atoms with Gasteiger partial charge in [0.2, 0.25) is 0 Å². The van der Waals surface area contributed by atoms with Crippen LogP contribution in [0.2, 0.25) is 0 Å². The lowest BCUT2D eigenvalue weighted by Gasteiger charge is -2.38. The second kappa shape index (κ2) is 7.47. The minimum Gasteiger partial charge on any atom is -0.492 e. The summed E-state index contributed by atoms with van der Waals surface area (Å²) >= 11 is 0. The molecule has 1 unspecified atom stereocenters. The van der Waals surface area contributed by atoms with Crippen LogP contribution in [0.25, 0.3) is 16.6 Å². The van der Waals surface area contributed by atoms with Crippen molar-refractivity contribution in [3.8, 4) is 5.75 Å². The third-order valence-electron chi connectivity index (χ3n) is 6.07. The third-order valence-corrected chi connectivity index (χ3v) is 6.07. The lowest BCUT2D eigenvalue weighted by Crippen LogP contribution is -2.43. The molecule has 3 aliphatic rings. The Morgan fingerprint density at radius 2 is 2.06 bits per heavy atom. The number of aromatic nitrogens is 1. The van der Waals surface area contributed by atoms with Crippen molar-refractivity contribution in [1.82, 2.24) is 9.88 Å². The van der Waals surface area contributed by atoms with Crippen LogP contribution < -0.4 is 4.74 Å². The fraction of sp³-hybridized carbons (Fsp3) is 0.333. The van der Waals surface area contributed by atoms with Gasteiger partial charge in [-0.1, -0.05) is 12.1 Å². The normalized spacial score (nSPS) is 21.6. The van der Waals surface area contributed by atoms with Crippen molar-refractivity contribution in [3.63, 3.8) is 0 Å². The largest absolute Gasteiger partial charge is 0.492 e. The molecule has 0 saturated carbocycles. The lowest BCUT2D eigenvalue weighted by molar-refractivity contribution is -0.149. The number of hydrogen-bond donors (Lipinski definition) is 0. The number of fused-ring (bicyclic) bond motifs is 5. The second-order valence-electron chi connectivity index (χ2n) is 7.99. The molecule has 0 saturated heterocycles. The van der Waals surface area contributed by atoms with Gasteiger partial charge in [-0.2, -0.15) is 0 Å². The number of allylic oxidation sites excluding steroid dienone is 1. The van der Waals surface area contributed by atoms with E-state index in [1.165, 1.54) is 6.92 Å². The average Bonchev–Trinajstić information content (AvgIpc) is 3.03. The van der Waals surface area contributed by atoms with Crippen LogP contribution in [-0.4, -0.2) is 53.6 Å². The minimum atomic E-state index is -0.513. The number of amides is 1. The van der Waals surface area contributed by atoms with Crippen LogP contribution in [0.1, 0.15) is 36.8 Å². The van der Waals surface area contributed by atoms with E-state index in [0.717, 1.165) is 16.5 Å². The average molecular weight is 434 g/mol. The Balaban J connectivity index is 1.72. The SMILES string of the molecule is CCOc1c2c(nc3ccccc13)C1=CC3=C(COC(C)=O)C(=O)O[C@@H](C)C3CN1C2=O. The number of rotatable bonds is 4. The van der Waals surface area contributed by atoms with Gasteiger partial charge in [-0.3, -0.25) is 9.59 Å². The van der Waals surface area contributed by atoms with E-state index >= 15 is 0 Å². The van der Waals surface area contributed by atoms with E-state index in [-0.39, 0.29) is 18.4 Å². The van der Waals surface area contributed by atoms with Gasteiger partial charge in [-0.25, -0.2) is 9.78 Å². The minimum absolute atomic E-state index is 0.174. The number of carbonyl (C=O) groups excluding carboxylic acids is 3. The maximum absolute atomic E-state index is 13.5. The summed E-state index contributed by atoms with van der Waals surface area (Å²) in [7, 11) is 0. The van der Waals surface area contributed by atoms with Gasteiger partial charge < -0.3 is 19.1 Å². The first kappa shape index (κ1) is 20.2. The highest BCUT2D eigenvalue weighted by molar-refractivity contribution is 6.14. The fourth-order valence-electron chi connectivity index (χ4n) is 4.58. The first-order chi connectivity index (χ1) is 15.4. The van der Waals surface area contributed by atoms with Crippen LogP contribution >= 0.6 is 0 Å². The Kier molecular flexibility index (Phi) is 4.73. The molecule has 0 bridgehead atoms. The Bertz CT molecular complexity index is 1240. The van der Waals surface area contributed by atoms with Gasteiger partial charge in [0.05, 0.1) is 23.4 Å². The van der Waals surface area contributed by atoms with Crippen molar-refractivity contribution in [2.75, 3.05) is 19.8 Å². The van der Waals surface area contributed by atoms with E-state index < -0.39 is 18.0 Å². The van der Waals surface area contributed by atoms with Crippen molar-refractivity contribution < 1.29 is 28.6 Å². The maximum atomic E-state index is 13.5. The first-order valence-corrected chi connectivity index (χ1v) is 10.6. The summed E-state index contributed by atoms with van der Waals surface area (Å²) < 4.78 is 16.5. The first-order valence-electron chi connectivity index (χ1n) is 10.6. The van der Waals surface area contributed by atoms with Crippen molar-refractivity contribution in [2.24, 2.45) is 5.92 Å². The van der Waals surface area contributed by atoms with Crippen molar-refractivity contribution in [1.29, 1.82) is 0 Å². The summed E-state index contributed by atoms with van der Waals surface area (Å²) in [6, 6.07) is 7.54. The van der Waals surface area contributed by atoms with Crippen molar-refractivity contribution in [2.45, 2.75) is 26.9 Å². The zero-order valence-corrected chi connectivity index (χ0v) is 18.0. The molecule has 2 atom stereocenters. The van der Waals surface area contributed by atoms with Gasteiger partial charge in [0.1, 0.15) is 29.7 Å². The summed E-state index contributed by atoms with van der Waals surface area (Å²) in [6.45, 7) is 5.53. The molecule has 3 aliphatic heterocycles. The number of hydrogen-bond acceptors (Lipinski definition) is 7. The van der Waals surface area contributed by atoms with E-state index in [9.17, 15) is 14.4 Å². The maximum Gasteiger partial charge on any atom is 0.338 e. The van der Waals surface area contributed by atoms with Gasteiger partial charge in [-0.15, -0.1) is 0 Å². The molecule has 1 aromatic carbocycles. The van der Waals surface area contributed by atoms with Gasteiger partial charge in [0, 0.05) is 24.8 Å². The topological polar surface area (TPSA) is 95.0 Å². The van der Waals surface area contributed by atoms with Crippen LogP contribution in [0, 0.1) is 5.92 Å². The molecule has 8 heteroatoms. The molecule has 164 valence electrons. The van der Waals surface area contributed by atoms with Crippen LogP contribution in [-0.2, 0) is 19.1 Å². The van der Waals surface area contributed by atoms with Gasteiger partial charge >= 0.3 is 11.9 Å². The number of benzene rings is 1. The molecule has 1 aromatic heterocycles. The molecule has 2 aromatic rings. The molecule has 4 heterocycles. The standard InChI is InChI=1S/C24H22N2O6/c1-4-30-22-14-7-5-6-8-18(14)25-21-19-9-15-16(10-26(19)23(28)20(21)22)12(2)32-24(29)17(15)11-31-13(3)27/h5-9,12,16H,4,10-11H2,1-3H3/t12-,16?/m0/s1. The molecular weight excluding hydrogens is 412 g/mol. The van der Waals surface area contributed by atoms with Gasteiger partial charge in [0.15, 0.2) is 0 Å². The van der Waals surface area contributed by atoms with Gasteiger partial charge in [0.25, 0.3) is 5.91 Å². The molecule has 1 amide bonds. The monoisotopic (exact) mass is 434 g/mol. The predicted octanol–water partition coefficient (Wildman–Crippen LogP) is 2.87. The molecular formula is C24H22N2O6. The van der Waals surface area contributed by atoms with Crippen molar-refractivity contribution in [3.05, 3.63) is 52.7 Å². The van der Waals surface area contributed by atoms with E-state index in [1.54, 1.807) is 11.8 Å². The van der Waals surface area contributed by atoms with Crippen LogP contribution in [0.3, 0.4) is 0 Å². The highest BCUT2D eigenvalue weighted by Gasteiger charge is 2.46. The Labute approximate surface area is 184 Å². The van der Waals surface area contributed by atoms with Crippen LogP contribution in [0.4, 0.5) is 0 Å². The molecule has 0 spiro atoms. The smallest absolute Gasteiger partial charge is 0.338 e. The number of para-hydroxylation sites is 1. The summed E-state index contributed by atoms with van der Waals surface area (Å²) in [5, 5.41) is 0.779. The second-order valence-corrected chi connectivity index (χ2v) is 7.99. The van der Waals surface area contributed by atoms with E-state index in [4.69, 9.17) is 19.2 Å². The van der Waals surface area contributed by atoms with Gasteiger partial charge in [-0.05, 0) is 37.6 Å². The molecule has 8 nitrogen and oxygen atoms in total. The summed E-state index contributed by atoms with van der Waals surface area (Å²) in [5.41, 5.74) is 3.30. The van der Waals surface area contributed by atoms with Crippen LogP contribution in [0.15, 0.2) is 41.5 Å². The molecule has 0 aliphatic carbocycles. The highest BCUT2D eigenvalue weighted by Crippen LogP contribution is 2.46. The molecule has 5 rings (SSSR count). The molecule has 0 fully saturated rings. The molecule has 0 radical (unpaired) electrons. The Hall–Kier alpha value is -3.68. The summed E-state index contributed by atoms with van der Waals surface area (Å²) in [6.07, 6.45) is 1.39. The lowest BCUT2D eigenvalue weighted by atomic mass is 9.84. The highest BCUT2D eigenvalue weighted by atomic mass is 16.6. The van der Waals surface area contributed by atoms with E-state index in [2.05, 4.69) is 0 Å². The quantitative estimate of drug-likeness (QED) is 0.683. The number of carbonyl (C=O) groups is 3. The fourth-order valence-corrected chi connectivity index (χ4v) is 4.58. The molecule has 0 N–H and O–H groups in total. The number of ether oxygens (including phenoxy) is 3. The van der Waals surface area contributed by atoms with E-state index in [0.29, 0.717) is 41.4 Å². The predicted molar refractivity (Wildman–Crippen MR) is 115 cm³/mol. The molecule has 32 heavy (non-hydrogen) atoms. The number of nitrogens with zero attached hydrogens (tertiary/aromatic N) is 2. The third kappa shape index (κ3) is 2.97. The summed E-state index contributed by atoms with van der Waals surface area (Å²) in [4.78, 5) is 43.8. The zero-order chi connectivity index (χ0) is 22.6. The summed E-state index contributed by atoms with van der Waals surface area (Å²) in [5.74, 6) is -0.892. The Morgan fingerprint density at radius 3 is 2.81 bits per heavy atom. The Morgan fingerprint density at radius 1 is 1.28 bits per heavy atom.